The molecule has 0 aliphatic carbocycles. The molecule has 2 rings (SSSR count). The van der Waals surface area contributed by atoms with Crippen molar-refractivity contribution in [1.82, 2.24) is 4.90 Å². The van der Waals surface area contributed by atoms with Crippen LogP contribution in [-0.4, -0.2) is 35.6 Å². The van der Waals surface area contributed by atoms with Crippen molar-refractivity contribution in [2.24, 2.45) is 5.41 Å². The number of amides is 1. The van der Waals surface area contributed by atoms with Gasteiger partial charge in [-0.2, -0.15) is 0 Å². The Morgan fingerprint density at radius 2 is 1.73 bits per heavy atom. The summed E-state index contributed by atoms with van der Waals surface area (Å²) < 4.78 is 0. The summed E-state index contributed by atoms with van der Waals surface area (Å²) >= 11 is 0. The third kappa shape index (κ3) is 4.10. The maximum atomic E-state index is 12.3. The van der Waals surface area contributed by atoms with Gasteiger partial charge in [0, 0.05) is 26.1 Å². The quantitative estimate of drug-likeness (QED) is 0.877. The lowest BCUT2D eigenvalue weighted by Crippen LogP contribution is -2.44. The van der Waals surface area contributed by atoms with Gasteiger partial charge in [0.05, 0.1) is 0 Å². The van der Waals surface area contributed by atoms with Crippen molar-refractivity contribution in [3.05, 3.63) is 35.4 Å². The van der Waals surface area contributed by atoms with E-state index in [0.29, 0.717) is 6.42 Å². The number of carbonyl (C=O) groups is 1. The number of carbonyl (C=O) groups excluding carboxylic acids is 1. The van der Waals surface area contributed by atoms with Crippen LogP contribution in [-0.2, 0) is 17.6 Å². The Bertz CT molecular complexity index is 467. The molecule has 1 heterocycles. The molecule has 0 aromatic heterocycles. The Morgan fingerprint density at radius 1 is 1.14 bits per heavy atom. The van der Waals surface area contributed by atoms with E-state index in [-0.39, 0.29) is 17.9 Å². The monoisotopic (exact) mass is 303 g/mol. The molecule has 0 unspecified atom stereocenters. The molecule has 1 fully saturated rings. The van der Waals surface area contributed by atoms with Crippen LogP contribution in [0.25, 0.3) is 0 Å². The molecule has 0 saturated carbocycles. The molecule has 0 atom stereocenters. The fourth-order valence-corrected chi connectivity index (χ4v) is 3.20. The molecule has 1 saturated heterocycles. The SMILES string of the molecule is CCc1ccc(CCC(=O)N2CCC(CC)(CO)CC2)cc1. The first-order valence-corrected chi connectivity index (χ1v) is 8.59. The Labute approximate surface area is 134 Å². The highest BCUT2D eigenvalue weighted by Gasteiger charge is 2.33. The van der Waals surface area contributed by atoms with Crippen molar-refractivity contribution >= 4 is 5.91 Å². The van der Waals surface area contributed by atoms with E-state index in [9.17, 15) is 9.90 Å². The first-order chi connectivity index (χ1) is 10.6. The number of hydrogen-bond acceptors (Lipinski definition) is 2. The summed E-state index contributed by atoms with van der Waals surface area (Å²) in [4.78, 5) is 14.3. The molecule has 1 aliphatic rings. The normalized spacial score (nSPS) is 17.5. The summed E-state index contributed by atoms with van der Waals surface area (Å²) in [5.41, 5.74) is 2.62. The lowest BCUT2D eigenvalue weighted by molar-refractivity contribution is -0.134. The minimum atomic E-state index is 0.0484. The fraction of sp³-hybridized carbons (Fsp3) is 0.632. The molecule has 3 nitrogen and oxygen atoms in total. The second kappa shape index (κ2) is 7.77. The van der Waals surface area contributed by atoms with Gasteiger partial charge in [0.1, 0.15) is 0 Å². The van der Waals surface area contributed by atoms with Gasteiger partial charge >= 0.3 is 0 Å². The van der Waals surface area contributed by atoms with E-state index in [1.165, 1.54) is 11.1 Å². The molecule has 3 heteroatoms. The predicted molar refractivity (Wildman–Crippen MR) is 89.8 cm³/mol. The molecule has 1 aromatic rings. The highest BCUT2D eigenvalue weighted by atomic mass is 16.3. The summed E-state index contributed by atoms with van der Waals surface area (Å²) in [6, 6.07) is 8.57. The number of rotatable bonds is 6. The Morgan fingerprint density at radius 3 is 2.23 bits per heavy atom. The van der Waals surface area contributed by atoms with E-state index in [0.717, 1.165) is 45.2 Å². The number of nitrogens with zero attached hydrogens (tertiary/aromatic N) is 1. The highest BCUT2D eigenvalue weighted by molar-refractivity contribution is 5.76. The molecule has 0 radical (unpaired) electrons. The number of hydrogen-bond donors (Lipinski definition) is 1. The second-order valence-electron chi connectivity index (χ2n) is 6.56. The Hall–Kier alpha value is -1.35. The lowest BCUT2D eigenvalue weighted by Gasteiger charge is -2.40. The van der Waals surface area contributed by atoms with E-state index < -0.39 is 0 Å². The molecular weight excluding hydrogens is 274 g/mol. The molecule has 22 heavy (non-hydrogen) atoms. The van der Waals surface area contributed by atoms with Crippen LogP contribution in [0.4, 0.5) is 0 Å². The Kier molecular flexibility index (Phi) is 6.01. The van der Waals surface area contributed by atoms with Crippen LogP contribution in [0.2, 0.25) is 0 Å². The van der Waals surface area contributed by atoms with Crippen LogP contribution < -0.4 is 0 Å². The lowest BCUT2D eigenvalue weighted by atomic mass is 9.77. The van der Waals surface area contributed by atoms with Crippen LogP contribution in [0.3, 0.4) is 0 Å². The van der Waals surface area contributed by atoms with E-state index in [4.69, 9.17) is 0 Å². The van der Waals surface area contributed by atoms with Gasteiger partial charge in [-0.1, -0.05) is 38.1 Å². The van der Waals surface area contributed by atoms with Crippen molar-refractivity contribution < 1.29 is 9.90 Å². The van der Waals surface area contributed by atoms with Gasteiger partial charge in [0.25, 0.3) is 0 Å². The number of aryl methyl sites for hydroxylation is 2. The average Bonchev–Trinajstić information content (AvgIpc) is 2.60. The van der Waals surface area contributed by atoms with E-state index in [1.54, 1.807) is 0 Å². The first kappa shape index (κ1) is 17.0. The van der Waals surface area contributed by atoms with Crippen LogP contribution in [0.5, 0.6) is 0 Å². The van der Waals surface area contributed by atoms with Gasteiger partial charge in [-0.15, -0.1) is 0 Å². The van der Waals surface area contributed by atoms with Gasteiger partial charge in [-0.05, 0) is 48.6 Å². The standard InChI is InChI=1S/C19H29NO2/c1-3-16-5-7-17(8-6-16)9-10-18(22)20-13-11-19(4-2,15-21)12-14-20/h5-8,21H,3-4,9-15H2,1-2H3. The average molecular weight is 303 g/mol. The van der Waals surface area contributed by atoms with E-state index in [1.807, 2.05) is 4.90 Å². The molecule has 0 bridgehead atoms. The molecule has 1 aliphatic heterocycles. The molecule has 1 aromatic carbocycles. The molecule has 1 amide bonds. The summed E-state index contributed by atoms with van der Waals surface area (Å²) in [5.74, 6) is 0.252. The fourth-order valence-electron chi connectivity index (χ4n) is 3.20. The number of aliphatic hydroxyl groups excluding tert-OH is 1. The zero-order valence-electron chi connectivity index (χ0n) is 14.0. The third-order valence-electron chi connectivity index (χ3n) is 5.32. The number of benzene rings is 1. The number of aliphatic hydroxyl groups is 1. The number of piperidine rings is 1. The summed E-state index contributed by atoms with van der Waals surface area (Å²) in [5, 5.41) is 9.56. The summed E-state index contributed by atoms with van der Waals surface area (Å²) in [7, 11) is 0. The first-order valence-electron chi connectivity index (χ1n) is 8.59. The van der Waals surface area contributed by atoms with Crippen LogP contribution in [0.15, 0.2) is 24.3 Å². The zero-order chi connectivity index (χ0) is 16.0. The van der Waals surface area contributed by atoms with E-state index >= 15 is 0 Å². The zero-order valence-corrected chi connectivity index (χ0v) is 14.0. The third-order valence-corrected chi connectivity index (χ3v) is 5.32. The predicted octanol–water partition coefficient (Wildman–Crippen LogP) is 3.19. The highest BCUT2D eigenvalue weighted by Crippen LogP contribution is 2.34. The molecule has 0 spiro atoms. The van der Waals surface area contributed by atoms with Gasteiger partial charge < -0.3 is 10.0 Å². The minimum absolute atomic E-state index is 0.0484. The van der Waals surface area contributed by atoms with Crippen molar-refractivity contribution in [2.45, 2.75) is 52.4 Å². The van der Waals surface area contributed by atoms with Crippen LogP contribution >= 0.6 is 0 Å². The maximum Gasteiger partial charge on any atom is 0.222 e. The van der Waals surface area contributed by atoms with Crippen LogP contribution in [0.1, 0.15) is 50.7 Å². The maximum absolute atomic E-state index is 12.3. The van der Waals surface area contributed by atoms with Crippen LogP contribution in [0, 0.1) is 5.41 Å². The number of likely N-dealkylation sites (tertiary alicyclic amines) is 1. The molecule has 122 valence electrons. The van der Waals surface area contributed by atoms with Crippen molar-refractivity contribution in [2.75, 3.05) is 19.7 Å². The van der Waals surface area contributed by atoms with Gasteiger partial charge in [0.2, 0.25) is 5.91 Å². The summed E-state index contributed by atoms with van der Waals surface area (Å²) in [6.45, 7) is 6.12. The minimum Gasteiger partial charge on any atom is -0.396 e. The topological polar surface area (TPSA) is 40.5 Å². The van der Waals surface area contributed by atoms with Crippen molar-refractivity contribution in [3.63, 3.8) is 0 Å². The molecule has 1 N–H and O–H groups in total. The molecular formula is C19H29NO2. The largest absolute Gasteiger partial charge is 0.396 e. The van der Waals surface area contributed by atoms with E-state index in [2.05, 4.69) is 38.1 Å². The van der Waals surface area contributed by atoms with Gasteiger partial charge in [-0.3, -0.25) is 4.79 Å². The Balaban J connectivity index is 1.80. The van der Waals surface area contributed by atoms with Gasteiger partial charge in [0.15, 0.2) is 0 Å². The smallest absolute Gasteiger partial charge is 0.222 e. The van der Waals surface area contributed by atoms with Gasteiger partial charge in [-0.25, -0.2) is 0 Å². The van der Waals surface area contributed by atoms with Crippen molar-refractivity contribution in [1.29, 1.82) is 0 Å². The summed E-state index contributed by atoms with van der Waals surface area (Å²) in [6.07, 6.45) is 5.31. The van der Waals surface area contributed by atoms with Crippen molar-refractivity contribution in [3.8, 4) is 0 Å². The second-order valence-corrected chi connectivity index (χ2v) is 6.56.